The van der Waals surface area contributed by atoms with Crippen molar-refractivity contribution in [2.45, 2.75) is 24.7 Å². The van der Waals surface area contributed by atoms with E-state index in [0.717, 1.165) is 0 Å². The van der Waals surface area contributed by atoms with Gasteiger partial charge < -0.3 is 5.32 Å². The van der Waals surface area contributed by atoms with Gasteiger partial charge in [0.15, 0.2) is 5.78 Å². The summed E-state index contributed by atoms with van der Waals surface area (Å²) < 4.78 is 22.3. The summed E-state index contributed by atoms with van der Waals surface area (Å²) in [6, 6.07) is 13.5. The Kier molecular flexibility index (Phi) is 5.54. The Morgan fingerprint density at radius 3 is 2.12 bits per heavy atom. The van der Waals surface area contributed by atoms with Gasteiger partial charge in [-0.05, 0) is 35.7 Å². The highest BCUT2D eigenvalue weighted by molar-refractivity contribution is 7.89. The van der Waals surface area contributed by atoms with Crippen LogP contribution in [0.4, 0.5) is 5.69 Å². The van der Waals surface area contributed by atoms with Crippen LogP contribution in [0.2, 0.25) is 0 Å². The molecular formula is C18H20N2O3S. The van der Waals surface area contributed by atoms with E-state index in [1.807, 2.05) is 24.3 Å². The second kappa shape index (κ2) is 7.42. The Bertz CT molecular complexity index is 837. The van der Waals surface area contributed by atoms with Crippen LogP contribution in [0.15, 0.2) is 65.7 Å². The summed E-state index contributed by atoms with van der Waals surface area (Å²) in [5.74, 6) is 0.311. The molecule has 126 valence electrons. The van der Waals surface area contributed by atoms with E-state index in [4.69, 9.17) is 5.14 Å². The van der Waals surface area contributed by atoms with E-state index < -0.39 is 10.0 Å². The lowest BCUT2D eigenvalue weighted by molar-refractivity contribution is 0.104. The van der Waals surface area contributed by atoms with Crippen molar-refractivity contribution in [2.75, 3.05) is 5.32 Å². The third-order valence-corrected chi connectivity index (χ3v) is 4.46. The van der Waals surface area contributed by atoms with E-state index in [9.17, 15) is 13.2 Å². The summed E-state index contributed by atoms with van der Waals surface area (Å²) in [5, 5.41) is 7.95. The Balaban J connectivity index is 1.99. The second-order valence-corrected chi connectivity index (χ2v) is 7.25. The smallest absolute Gasteiger partial charge is 0.238 e. The molecule has 3 N–H and O–H groups in total. The van der Waals surface area contributed by atoms with Gasteiger partial charge in [0, 0.05) is 23.5 Å². The third kappa shape index (κ3) is 4.78. The number of carbonyl (C=O) groups is 1. The van der Waals surface area contributed by atoms with Crippen molar-refractivity contribution < 1.29 is 13.2 Å². The predicted molar refractivity (Wildman–Crippen MR) is 95.4 cm³/mol. The molecule has 0 saturated carbocycles. The highest BCUT2D eigenvalue weighted by atomic mass is 32.2. The van der Waals surface area contributed by atoms with Crippen LogP contribution in [0.3, 0.4) is 0 Å². The number of rotatable bonds is 6. The molecule has 0 bridgehead atoms. The Morgan fingerprint density at radius 2 is 1.62 bits per heavy atom. The van der Waals surface area contributed by atoms with E-state index >= 15 is 0 Å². The fourth-order valence-electron chi connectivity index (χ4n) is 2.08. The monoisotopic (exact) mass is 344 g/mol. The fourth-order valence-corrected chi connectivity index (χ4v) is 2.60. The van der Waals surface area contributed by atoms with Gasteiger partial charge in [-0.15, -0.1) is 0 Å². The zero-order valence-corrected chi connectivity index (χ0v) is 14.4. The quantitative estimate of drug-likeness (QED) is 0.622. The minimum Gasteiger partial charge on any atom is -0.362 e. The van der Waals surface area contributed by atoms with Gasteiger partial charge in [-0.1, -0.05) is 38.1 Å². The molecule has 0 aromatic heterocycles. The average molecular weight is 344 g/mol. The standard InChI is InChI=1S/C18H20N2O3S/c1-13(2)14-3-5-15(6-4-14)18(21)11-12-20-16-7-9-17(10-8-16)24(19,22)23/h3-13,20H,1-2H3,(H2,19,22,23)/b12-11+. The van der Waals surface area contributed by atoms with E-state index in [2.05, 4.69) is 19.2 Å². The van der Waals surface area contributed by atoms with Gasteiger partial charge in [0.1, 0.15) is 0 Å². The lowest BCUT2D eigenvalue weighted by atomic mass is 10.0. The van der Waals surface area contributed by atoms with Crippen LogP contribution >= 0.6 is 0 Å². The molecule has 24 heavy (non-hydrogen) atoms. The maximum atomic E-state index is 12.1. The zero-order valence-electron chi connectivity index (χ0n) is 13.6. The average Bonchev–Trinajstić information content (AvgIpc) is 2.54. The molecule has 0 aliphatic rings. The number of nitrogens with two attached hydrogens (primary N) is 1. The molecule has 0 spiro atoms. The first-order valence-corrected chi connectivity index (χ1v) is 9.02. The van der Waals surface area contributed by atoms with Crippen LogP contribution in [0.25, 0.3) is 0 Å². The topological polar surface area (TPSA) is 89.3 Å². The van der Waals surface area contributed by atoms with Crippen LogP contribution in [-0.2, 0) is 10.0 Å². The summed E-state index contributed by atoms with van der Waals surface area (Å²) in [7, 11) is -3.70. The molecule has 0 aliphatic heterocycles. The van der Waals surface area contributed by atoms with Gasteiger partial charge in [0.05, 0.1) is 4.90 Å². The Labute approximate surface area is 142 Å². The first-order valence-electron chi connectivity index (χ1n) is 7.47. The van der Waals surface area contributed by atoms with E-state index in [1.54, 1.807) is 12.1 Å². The normalized spacial score (nSPS) is 11.8. The summed E-state index contributed by atoms with van der Waals surface area (Å²) in [5.41, 5.74) is 2.45. The number of carbonyl (C=O) groups excluding carboxylic acids is 1. The minimum absolute atomic E-state index is 0.0401. The van der Waals surface area contributed by atoms with Crippen LogP contribution in [-0.4, -0.2) is 14.2 Å². The van der Waals surface area contributed by atoms with Crippen molar-refractivity contribution >= 4 is 21.5 Å². The van der Waals surface area contributed by atoms with Crippen LogP contribution in [0, 0.1) is 0 Å². The molecule has 2 rings (SSSR count). The summed E-state index contributed by atoms with van der Waals surface area (Å²) in [6.45, 7) is 4.20. The molecule has 0 heterocycles. The molecule has 5 nitrogen and oxygen atoms in total. The summed E-state index contributed by atoms with van der Waals surface area (Å²) in [4.78, 5) is 12.1. The molecule has 2 aromatic carbocycles. The van der Waals surface area contributed by atoms with Gasteiger partial charge in [0.25, 0.3) is 0 Å². The van der Waals surface area contributed by atoms with Crippen molar-refractivity contribution in [3.8, 4) is 0 Å². The van der Waals surface area contributed by atoms with Gasteiger partial charge in [-0.3, -0.25) is 4.79 Å². The van der Waals surface area contributed by atoms with Crippen LogP contribution in [0.5, 0.6) is 0 Å². The van der Waals surface area contributed by atoms with Crippen LogP contribution in [0.1, 0.15) is 35.7 Å². The SMILES string of the molecule is CC(C)c1ccc(C(=O)/C=C/Nc2ccc(S(N)(=O)=O)cc2)cc1. The number of hydrogen-bond acceptors (Lipinski definition) is 4. The second-order valence-electron chi connectivity index (χ2n) is 5.69. The van der Waals surface area contributed by atoms with Gasteiger partial charge >= 0.3 is 0 Å². The molecule has 0 radical (unpaired) electrons. The molecule has 2 aromatic rings. The van der Waals surface area contributed by atoms with Crippen LogP contribution < -0.4 is 10.5 Å². The molecule has 0 amide bonds. The Hall–Kier alpha value is -2.44. The molecule has 0 fully saturated rings. The van der Waals surface area contributed by atoms with Gasteiger partial charge in [-0.25, -0.2) is 13.6 Å². The van der Waals surface area contributed by atoms with Gasteiger partial charge in [0.2, 0.25) is 10.0 Å². The number of allylic oxidation sites excluding steroid dienone is 1. The number of primary sulfonamides is 1. The van der Waals surface area contributed by atoms with E-state index in [-0.39, 0.29) is 10.7 Å². The maximum absolute atomic E-state index is 12.1. The van der Waals surface area contributed by atoms with Crippen molar-refractivity contribution in [1.82, 2.24) is 0 Å². The van der Waals surface area contributed by atoms with Crippen molar-refractivity contribution in [2.24, 2.45) is 5.14 Å². The maximum Gasteiger partial charge on any atom is 0.238 e. The number of nitrogens with one attached hydrogen (secondary N) is 1. The molecule has 0 aliphatic carbocycles. The largest absolute Gasteiger partial charge is 0.362 e. The number of ketones is 1. The minimum atomic E-state index is -3.70. The van der Waals surface area contributed by atoms with Gasteiger partial charge in [-0.2, -0.15) is 0 Å². The lowest BCUT2D eigenvalue weighted by Gasteiger charge is -2.05. The number of hydrogen-bond donors (Lipinski definition) is 2. The predicted octanol–water partition coefficient (Wildman–Crippen LogP) is 3.27. The van der Waals surface area contributed by atoms with E-state index in [1.165, 1.54) is 30.0 Å². The molecule has 0 unspecified atom stereocenters. The molecule has 0 saturated heterocycles. The number of benzene rings is 2. The van der Waals surface area contributed by atoms with Crippen molar-refractivity contribution in [1.29, 1.82) is 0 Å². The van der Waals surface area contributed by atoms with E-state index in [0.29, 0.717) is 17.2 Å². The fraction of sp³-hybridized carbons (Fsp3) is 0.167. The highest BCUT2D eigenvalue weighted by Gasteiger charge is 2.06. The highest BCUT2D eigenvalue weighted by Crippen LogP contribution is 2.15. The number of anilines is 1. The first kappa shape index (κ1) is 17.9. The first-order chi connectivity index (χ1) is 11.3. The molecular weight excluding hydrogens is 324 g/mol. The molecule has 6 heteroatoms. The van der Waals surface area contributed by atoms with Crippen molar-refractivity contribution in [3.63, 3.8) is 0 Å². The Morgan fingerprint density at radius 1 is 1.04 bits per heavy atom. The summed E-state index contributed by atoms with van der Waals surface area (Å²) in [6.07, 6.45) is 2.95. The number of sulfonamides is 1. The zero-order chi connectivity index (χ0) is 17.7. The summed E-state index contributed by atoms with van der Waals surface area (Å²) >= 11 is 0. The third-order valence-electron chi connectivity index (χ3n) is 3.53. The van der Waals surface area contributed by atoms with Crippen molar-refractivity contribution in [3.05, 3.63) is 71.9 Å². The molecule has 0 atom stereocenters. The lowest BCUT2D eigenvalue weighted by Crippen LogP contribution is -2.11.